The average molecular weight is 292 g/mol. The topological polar surface area (TPSA) is 3.24 Å². The first-order valence-corrected chi connectivity index (χ1v) is 9.82. The lowest BCUT2D eigenvalue weighted by molar-refractivity contribution is -0.0240. The second-order valence-electron chi connectivity index (χ2n) is 9.01. The van der Waals surface area contributed by atoms with Crippen molar-refractivity contribution < 1.29 is 0 Å². The Kier molecular flexibility index (Phi) is 4.98. The molecule has 0 aromatic heterocycles. The van der Waals surface area contributed by atoms with Crippen molar-refractivity contribution in [2.75, 3.05) is 19.6 Å². The SMILES string of the molecule is CCC1CCN(CC2CC3(CCC(C(C)C)CC3)C2)CC1. The average Bonchev–Trinajstić information content (AvgIpc) is 2.47. The standard InChI is InChI=1S/C20H37N/c1-4-17-7-11-21(12-8-17)15-18-13-20(14-18)9-5-19(6-10-20)16(2)3/h16-19H,4-15H2,1-3H3. The second kappa shape index (κ2) is 6.60. The van der Waals surface area contributed by atoms with E-state index in [4.69, 9.17) is 0 Å². The van der Waals surface area contributed by atoms with E-state index in [-0.39, 0.29) is 0 Å². The van der Waals surface area contributed by atoms with Gasteiger partial charge in [0.25, 0.3) is 0 Å². The van der Waals surface area contributed by atoms with Crippen LogP contribution in [0.3, 0.4) is 0 Å². The molecule has 1 spiro atoms. The molecule has 2 aliphatic carbocycles. The van der Waals surface area contributed by atoms with Crippen molar-refractivity contribution in [3.05, 3.63) is 0 Å². The maximum Gasteiger partial charge on any atom is 0.00101 e. The predicted molar refractivity (Wildman–Crippen MR) is 91.4 cm³/mol. The summed E-state index contributed by atoms with van der Waals surface area (Å²) in [5, 5.41) is 0. The maximum absolute atomic E-state index is 2.78. The Bertz CT molecular complexity index is 311. The van der Waals surface area contributed by atoms with Crippen LogP contribution >= 0.6 is 0 Å². The maximum atomic E-state index is 2.78. The first-order valence-electron chi connectivity index (χ1n) is 9.82. The lowest BCUT2D eigenvalue weighted by atomic mass is 9.54. The van der Waals surface area contributed by atoms with Gasteiger partial charge in [0.05, 0.1) is 0 Å². The minimum absolute atomic E-state index is 0.803. The zero-order chi connectivity index (χ0) is 14.9. The van der Waals surface area contributed by atoms with Crippen molar-refractivity contribution in [3.63, 3.8) is 0 Å². The lowest BCUT2D eigenvalue weighted by Crippen LogP contribution is -2.47. The molecule has 3 aliphatic rings. The van der Waals surface area contributed by atoms with Gasteiger partial charge in [0.2, 0.25) is 0 Å². The van der Waals surface area contributed by atoms with Crippen LogP contribution in [0.5, 0.6) is 0 Å². The van der Waals surface area contributed by atoms with E-state index in [1.54, 1.807) is 25.7 Å². The summed E-state index contributed by atoms with van der Waals surface area (Å²) in [6.45, 7) is 11.4. The fourth-order valence-electron chi connectivity index (χ4n) is 5.56. The van der Waals surface area contributed by atoms with E-state index in [0.29, 0.717) is 0 Å². The van der Waals surface area contributed by atoms with Crippen molar-refractivity contribution in [2.24, 2.45) is 29.1 Å². The number of piperidine rings is 1. The fraction of sp³-hybridized carbons (Fsp3) is 1.00. The van der Waals surface area contributed by atoms with E-state index in [2.05, 4.69) is 25.7 Å². The molecule has 122 valence electrons. The predicted octanol–water partition coefficient (Wildman–Crippen LogP) is 5.35. The first-order chi connectivity index (χ1) is 10.1. The molecule has 1 aliphatic heterocycles. The molecular formula is C20H37N. The molecule has 0 aromatic carbocycles. The molecule has 0 bridgehead atoms. The summed E-state index contributed by atoms with van der Waals surface area (Å²) in [5.74, 6) is 4.01. The quantitative estimate of drug-likeness (QED) is 0.675. The molecule has 0 radical (unpaired) electrons. The van der Waals surface area contributed by atoms with E-state index in [9.17, 15) is 0 Å². The van der Waals surface area contributed by atoms with Gasteiger partial charge in [-0.3, -0.25) is 0 Å². The Balaban J connectivity index is 1.37. The van der Waals surface area contributed by atoms with Crippen LogP contribution in [0.4, 0.5) is 0 Å². The monoisotopic (exact) mass is 291 g/mol. The fourth-order valence-corrected chi connectivity index (χ4v) is 5.56. The Labute approximate surface area is 132 Å². The van der Waals surface area contributed by atoms with E-state index in [1.807, 2.05) is 0 Å². The number of hydrogen-bond donors (Lipinski definition) is 0. The first kappa shape index (κ1) is 15.8. The Morgan fingerprint density at radius 1 is 0.952 bits per heavy atom. The molecule has 2 saturated carbocycles. The van der Waals surface area contributed by atoms with Crippen LogP contribution in [-0.4, -0.2) is 24.5 Å². The molecule has 1 nitrogen and oxygen atoms in total. The Morgan fingerprint density at radius 3 is 2.10 bits per heavy atom. The van der Waals surface area contributed by atoms with E-state index >= 15 is 0 Å². The number of nitrogens with zero attached hydrogens (tertiary/aromatic N) is 1. The number of hydrogen-bond acceptors (Lipinski definition) is 1. The van der Waals surface area contributed by atoms with Gasteiger partial charge < -0.3 is 4.90 Å². The van der Waals surface area contributed by atoms with Crippen LogP contribution in [-0.2, 0) is 0 Å². The van der Waals surface area contributed by atoms with Gasteiger partial charge in [-0.1, -0.05) is 27.2 Å². The minimum atomic E-state index is 0.803. The van der Waals surface area contributed by atoms with Crippen LogP contribution in [0.2, 0.25) is 0 Å². The van der Waals surface area contributed by atoms with Crippen LogP contribution < -0.4 is 0 Å². The van der Waals surface area contributed by atoms with E-state index < -0.39 is 0 Å². The third-order valence-corrected chi connectivity index (χ3v) is 7.28. The zero-order valence-electron chi connectivity index (χ0n) is 14.7. The van der Waals surface area contributed by atoms with Gasteiger partial charge in [0.1, 0.15) is 0 Å². The number of likely N-dealkylation sites (tertiary alicyclic amines) is 1. The highest BCUT2D eigenvalue weighted by molar-refractivity contribution is 4.98. The molecule has 0 unspecified atom stereocenters. The van der Waals surface area contributed by atoms with Crippen LogP contribution in [0, 0.1) is 29.1 Å². The summed E-state index contributed by atoms with van der Waals surface area (Å²) < 4.78 is 0. The Morgan fingerprint density at radius 2 is 1.57 bits per heavy atom. The molecular weight excluding hydrogens is 254 g/mol. The van der Waals surface area contributed by atoms with Crippen LogP contribution in [0.15, 0.2) is 0 Å². The minimum Gasteiger partial charge on any atom is -0.303 e. The molecule has 21 heavy (non-hydrogen) atoms. The van der Waals surface area contributed by atoms with Crippen LogP contribution in [0.1, 0.15) is 78.6 Å². The van der Waals surface area contributed by atoms with E-state index in [0.717, 1.165) is 29.1 Å². The molecule has 3 fully saturated rings. The smallest absolute Gasteiger partial charge is 0.00101 e. The summed E-state index contributed by atoms with van der Waals surface area (Å²) in [6, 6.07) is 0. The van der Waals surface area contributed by atoms with Crippen molar-refractivity contribution in [2.45, 2.75) is 78.6 Å². The second-order valence-corrected chi connectivity index (χ2v) is 9.01. The van der Waals surface area contributed by atoms with Crippen molar-refractivity contribution in [1.82, 2.24) is 4.90 Å². The van der Waals surface area contributed by atoms with Gasteiger partial charge in [0, 0.05) is 6.54 Å². The highest BCUT2D eigenvalue weighted by Crippen LogP contribution is 2.56. The molecule has 0 aromatic rings. The van der Waals surface area contributed by atoms with Crippen molar-refractivity contribution in [1.29, 1.82) is 0 Å². The van der Waals surface area contributed by atoms with Gasteiger partial charge in [-0.05, 0) is 93.5 Å². The van der Waals surface area contributed by atoms with Gasteiger partial charge >= 0.3 is 0 Å². The molecule has 0 amide bonds. The zero-order valence-corrected chi connectivity index (χ0v) is 14.7. The summed E-state index contributed by atoms with van der Waals surface area (Å²) in [5.41, 5.74) is 0.803. The number of rotatable bonds is 4. The van der Waals surface area contributed by atoms with Gasteiger partial charge in [0.15, 0.2) is 0 Å². The molecule has 1 heteroatoms. The highest BCUT2D eigenvalue weighted by Gasteiger charge is 2.46. The van der Waals surface area contributed by atoms with Crippen LogP contribution in [0.25, 0.3) is 0 Å². The molecule has 0 N–H and O–H groups in total. The molecule has 3 rings (SSSR count). The summed E-state index contributed by atoms with van der Waals surface area (Å²) in [7, 11) is 0. The third-order valence-electron chi connectivity index (χ3n) is 7.28. The summed E-state index contributed by atoms with van der Waals surface area (Å²) >= 11 is 0. The largest absolute Gasteiger partial charge is 0.303 e. The summed E-state index contributed by atoms with van der Waals surface area (Å²) in [6.07, 6.45) is 13.6. The normalized spacial score (nSPS) is 38.9. The molecule has 1 saturated heterocycles. The lowest BCUT2D eigenvalue weighted by Gasteiger charge is -2.53. The third kappa shape index (κ3) is 3.66. The van der Waals surface area contributed by atoms with Gasteiger partial charge in [-0.25, -0.2) is 0 Å². The van der Waals surface area contributed by atoms with Gasteiger partial charge in [-0.2, -0.15) is 0 Å². The molecule has 0 atom stereocenters. The van der Waals surface area contributed by atoms with Gasteiger partial charge in [-0.15, -0.1) is 0 Å². The van der Waals surface area contributed by atoms with Crippen molar-refractivity contribution >= 4 is 0 Å². The summed E-state index contributed by atoms with van der Waals surface area (Å²) in [4.78, 5) is 2.78. The highest BCUT2D eigenvalue weighted by atomic mass is 15.1. The van der Waals surface area contributed by atoms with Crippen molar-refractivity contribution in [3.8, 4) is 0 Å². The Hall–Kier alpha value is -0.0400. The molecule has 1 heterocycles. The van der Waals surface area contributed by atoms with E-state index in [1.165, 1.54) is 51.7 Å².